The lowest BCUT2D eigenvalue weighted by atomic mass is 9.84. The summed E-state index contributed by atoms with van der Waals surface area (Å²) in [5.41, 5.74) is 0.812. The lowest BCUT2D eigenvalue weighted by Crippen LogP contribution is -2.37. The summed E-state index contributed by atoms with van der Waals surface area (Å²) in [4.78, 5) is 21.8. The molecule has 0 atom stereocenters. The van der Waals surface area contributed by atoms with E-state index >= 15 is 0 Å². The molecule has 0 aromatic heterocycles. The van der Waals surface area contributed by atoms with Gasteiger partial charge in [0.05, 0.1) is 0 Å². The van der Waals surface area contributed by atoms with E-state index in [4.69, 9.17) is 5.11 Å². The Morgan fingerprint density at radius 2 is 1.83 bits per heavy atom. The van der Waals surface area contributed by atoms with Crippen LogP contribution < -0.4 is 10.6 Å². The molecule has 104 valence electrons. The van der Waals surface area contributed by atoms with Crippen molar-refractivity contribution in [3.8, 4) is 0 Å². The smallest absolute Gasteiger partial charge is 0.315 e. The van der Waals surface area contributed by atoms with Crippen molar-refractivity contribution in [2.24, 2.45) is 5.41 Å². The van der Waals surface area contributed by atoms with Gasteiger partial charge in [0.1, 0.15) is 0 Å². The van der Waals surface area contributed by atoms with E-state index in [-0.39, 0.29) is 17.9 Å². The highest BCUT2D eigenvalue weighted by Gasteiger charge is 2.19. The third-order valence-electron chi connectivity index (χ3n) is 2.65. The number of carboxylic acid groups (broad SMARTS) is 1. The number of urea groups is 1. The van der Waals surface area contributed by atoms with Gasteiger partial charge in [0.2, 0.25) is 0 Å². The van der Waals surface area contributed by atoms with Crippen LogP contribution in [0.15, 0.2) is 12.2 Å². The summed E-state index contributed by atoms with van der Waals surface area (Å²) in [6, 6.07) is -0.216. The maximum Gasteiger partial charge on any atom is 0.315 e. The Kier molecular flexibility index (Phi) is 7.08. The molecule has 0 aromatic rings. The van der Waals surface area contributed by atoms with Crippen LogP contribution in [-0.2, 0) is 4.79 Å². The van der Waals surface area contributed by atoms with Crippen LogP contribution in [0.5, 0.6) is 0 Å². The summed E-state index contributed by atoms with van der Waals surface area (Å²) >= 11 is 0. The number of carbonyl (C=O) groups excluding carboxylic acids is 1. The summed E-state index contributed by atoms with van der Waals surface area (Å²) < 4.78 is 0. The van der Waals surface area contributed by atoms with Gasteiger partial charge in [0, 0.05) is 19.5 Å². The van der Waals surface area contributed by atoms with Crippen molar-refractivity contribution in [2.45, 2.75) is 40.0 Å². The number of nitrogens with one attached hydrogen (secondary N) is 2. The van der Waals surface area contributed by atoms with Gasteiger partial charge < -0.3 is 15.7 Å². The second-order valence-electron chi connectivity index (χ2n) is 5.37. The molecule has 3 N–H and O–H groups in total. The number of rotatable bonds is 8. The standard InChI is InChI=1S/C13H24N2O3/c1-10(2)9-15-12(18)14-8-7-13(3,4)6-5-11(16)17/h1,5-9H2,2-4H3,(H,16,17)(H2,14,15,18). The van der Waals surface area contributed by atoms with E-state index in [1.807, 2.05) is 20.8 Å². The second-order valence-corrected chi connectivity index (χ2v) is 5.37. The lowest BCUT2D eigenvalue weighted by Gasteiger charge is -2.23. The average molecular weight is 256 g/mol. The Morgan fingerprint density at radius 1 is 1.22 bits per heavy atom. The first kappa shape index (κ1) is 16.5. The van der Waals surface area contributed by atoms with Crippen LogP contribution in [0, 0.1) is 5.41 Å². The zero-order chi connectivity index (χ0) is 14.2. The SMILES string of the molecule is C=C(C)CNC(=O)NCCC(C)(C)CCC(=O)O. The summed E-state index contributed by atoms with van der Waals surface area (Å²) in [5, 5.41) is 14.0. The van der Waals surface area contributed by atoms with E-state index in [0.29, 0.717) is 19.5 Å². The molecule has 0 radical (unpaired) electrons. The Labute approximate surface area is 109 Å². The van der Waals surface area contributed by atoms with Crippen LogP contribution in [-0.4, -0.2) is 30.2 Å². The summed E-state index contributed by atoms with van der Waals surface area (Å²) in [6.45, 7) is 10.5. The molecular formula is C13H24N2O3. The first-order valence-electron chi connectivity index (χ1n) is 6.11. The fourth-order valence-corrected chi connectivity index (χ4v) is 1.38. The van der Waals surface area contributed by atoms with E-state index in [9.17, 15) is 9.59 Å². The Hall–Kier alpha value is -1.52. The third kappa shape index (κ3) is 9.69. The van der Waals surface area contributed by atoms with Crippen molar-refractivity contribution in [1.82, 2.24) is 10.6 Å². The molecule has 0 saturated carbocycles. The highest BCUT2D eigenvalue weighted by atomic mass is 16.4. The Balaban J connectivity index is 3.77. The molecule has 2 amide bonds. The molecule has 18 heavy (non-hydrogen) atoms. The fourth-order valence-electron chi connectivity index (χ4n) is 1.38. The van der Waals surface area contributed by atoms with Gasteiger partial charge in [-0.3, -0.25) is 4.79 Å². The largest absolute Gasteiger partial charge is 0.481 e. The fraction of sp³-hybridized carbons (Fsp3) is 0.692. The molecule has 0 aliphatic carbocycles. The monoisotopic (exact) mass is 256 g/mol. The van der Waals surface area contributed by atoms with Crippen molar-refractivity contribution in [1.29, 1.82) is 0 Å². The quantitative estimate of drug-likeness (QED) is 0.582. The van der Waals surface area contributed by atoms with Gasteiger partial charge in [-0.05, 0) is 25.2 Å². The van der Waals surface area contributed by atoms with Crippen LogP contribution >= 0.6 is 0 Å². The molecule has 0 spiro atoms. The highest BCUT2D eigenvalue weighted by Crippen LogP contribution is 2.25. The van der Waals surface area contributed by atoms with Gasteiger partial charge >= 0.3 is 12.0 Å². The zero-order valence-corrected chi connectivity index (χ0v) is 11.5. The molecular weight excluding hydrogens is 232 g/mol. The molecule has 0 aliphatic rings. The number of hydrogen-bond acceptors (Lipinski definition) is 2. The number of amides is 2. The number of carboxylic acids is 1. The molecule has 0 saturated heterocycles. The van der Waals surface area contributed by atoms with E-state index in [2.05, 4.69) is 17.2 Å². The number of aliphatic carboxylic acids is 1. The number of hydrogen-bond donors (Lipinski definition) is 3. The Bertz CT molecular complexity index is 311. The topological polar surface area (TPSA) is 78.4 Å². The van der Waals surface area contributed by atoms with Crippen molar-refractivity contribution >= 4 is 12.0 Å². The molecule has 5 heteroatoms. The van der Waals surface area contributed by atoms with E-state index in [0.717, 1.165) is 12.0 Å². The predicted octanol–water partition coefficient (Wildman–Crippen LogP) is 2.14. The lowest BCUT2D eigenvalue weighted by molar-refractivity contribution is -0.137. The van der Waals surface area contributed by atoms with Crippen molar-refractivity contribution in [3.63, 3.8) is 0 Å². The van der Waals surface area contributed by atoms with E-state index < -0.39 is 5.97 Å². The minimum atomic E-state index is -0.782. The normalized spacial score (nSPS) is 10.8. The Morgan fingerprint density at radius 3 is 2.33 bits per heavy atom. The van der Waals surface area contributed by atoms with Gasteiger partial charge in [-0.25, -0.2) is 4.79 Å². The maximum atomic E-state index is 11.3. The predicted molar refractivity (Wildman–Crippen MR) is 71.5 cm³/mol. The minimum absolute atomic E-state index is 0.0833. The number of carbonyl (C=O) groups is 2. The van der Waals surface area contributed by atoms with Crippen molar-refractivity contribution in [3.05, 3.63) is 12.2 Å². The van der Waals surface area contributed by atoms with Gasteiger partial charge in [-0.1, -0.05) is 26.0 Å². The molecule has 0 fully saturated rings. The second kappa shape index (κ2) is 7.74. The minimum Gasteiger partial charge on any atom is -0.481 e. The average Bonchev–Trinajstić information content (AvgIpc) is 2.23. The van der Waals surface area contributed by atoms with Gasteiger partial charge in [-0.2, -0.15) is 0 Å². The van der Waals surface area contributed by atoms with Gasteiger partial charge in [0.15, 0.2) is 0 Å². The summed E-state index contributed by atoms with van der Waals surface area (Å²) in [5.74, 6) is -0.782. The van der Waals surface area contributed by atoms with Crippen LogP contribution in [0.3, 0.4) is 0 Å². The maximum absolute atomic E-state index is 11.3. The van der Waals surface area contributed by atoms with Crippen LogP contribution in [0.25, 0.3) is 0 Å². The van der Waals surface area contributed by atoms with E-state index in [1.165, 1.54) is 0 Å². The van der Waals surface area contributed by atoms with Gasteiger partial charge in [0.25, 0.3) is 0 Å². The zero-order valence-electron chi connectivity index (χ0n) is 11.5. The molecule has 0 bridgehead atoms. The van der Waals surface area contributed by atoms with E-state index in [1.54, 1.807) is 0 Å². The van der Waals surface area contributed by atoms with Crippen molar-refractivity contribution in [2.75, 3.05) is 13.1 Å². The van der Waals surface area contributed by atoms with Crippen LogP contribution in [0.2, 0.25) is 0 Å². The molecule has 0 unspecified atom stereocenters. The molecule has 0 aromatic carbocycles. The molecule has 5 nitrogen and oxygen atoms in total. The first-order valence-corrected chi connectivity index (χ1v) is 6.11. The molecule has 0 rings (SSSR count). The van der Waals surface area contributed by atoms with Crippen molar-refractivity contribution < 1.29 is 14.7 Å². The third-order valence-corrected chi connectivity index (χ3v) is 2.65. The van der Waals surface area contributed by atoms with Gasteiger partial charge in [-0.15, -0.1) is 0 Å². The van der Waals surface area contributed by atoms with Crippen LogP contribution in [0.4, 0.5) is 4.79 Å². The first-order chi connectivity index (χ1) is 8.23. The summed E-state index contributed by atoms with van der Waals surface area (Å²) in [6.07, 6.45) is 1.52. The molecule has 0 aliphatic heterocycles. The molecule has 0 heterocycles. The van der Waals surface area contributed by atoms with Crippen LogP contribution in [0.1, 0.15) is 40.0 Å². The highest BCUT2D eigenvalue weighted by molar-refractivity contribution is 5.74. The summed E-state index contributed by atoms with van der Waals surface area (Å²) in [7, 11) is 0.